The second-order valence-electron chi connectivity index (χ2n) is 5.68. The van der Waals surface area contributed by atoms with Crippen molar-refractivity contribution in [3.63, 3.8) is 0 Å². The molecule has 0 spiro atoms. The van der Waals surface area contributed by atoms with Crippen molar-refractivity contribution in [2.24, 2.45) is 5.41 Å². The summed E-state index contributed by atoms with van der Waals surface area (Å²) in [6, 6.07) is 0.757. The third-order valence-corrected chi connectivity index (χ3v) is 3.90. The standard InChI is InChI=1S/C13H26ClNO/c1-13(2)6-4-12(5-7-13)15(3)9-11-16-10-8-14/h12H,4-11H2,1-3H3. The Hall–Kier alpha value is 0.210. The lowest BCUT2D eigenvalue weighted by molar-refractivity contribution is 0.0811. The van der Waals surface area contributed by atoms with Crippen LogP contribution in [0.3, 0.4) is 0 Å². The van der Waals surface area contributed by atoms with Crippen LogP contribution in [0.2, 0.25) is 0 Å². The molecule has 0 atom stereocenters. The molecule has 0 heterocycles. The van der Waals surface area contributed by atoms with Gasteiger partial charge in [0.25, 0.3) is 0 Å². The SMILES string of the molecule is CN(CCOCCCl)C1CCC(C)(C)CC1. The Labute approximate surface area is 105 Å². The quantitative estimate of drug-likeness (QED) is 0.528. The third kappa shape index (κ3) is 5.03. The van der Waals surface area contributed by atoms with Crippen molar-refractivity contribution in [3.05, 3.63) is 0 Å². The first-order chi connectivity index (χ1) is 7.55. The van der Waals surface area contributed by atoms with Gasteiger partial charge in [-0.05, 0) is 38.1 Å². The van der Waals surface area contributed by atoms with Gasteiger partial charge in [0, 0.05) is 18.5 Å². The summed E-state index contributed by atoms with van der Waals surface area (Å²) in [6.07, 6.45) is 5.37. The molecule has 96 valence electrons. The number of rotatable bonds is 6. The molecule has 16 heavy (non-hydrogen) atoms. The van der Waals surface area contributed by atoms with Gasteiger partial charge in [0.05, 0.1) is 13.2 Å². The van der Waals surface area contributed by atoms with E-state index in [9.17, 15) is 0 Å². The molecule has 0 aromatic carbocycles. The van der Waals surface area contributed by atoms with Crippen LogP contribution < -0.4 is 0 Å². The highest BCUT2D eigenvalue weighted by Crippen LogP contribution is 2.36. The van der Waals surface area contributed by atoms with Crippen LogP contribution in [0, 0.1) is 5.41 Å². The molecule has 0 radical (unpaired) electrons. The minimum atomic E-state index is 0.562. The molecule has 1 rings (SSSR count). The largest absolute Gasteiger partial charge is 0.379 e. The van der Waals surface area contributed by atoms with Gasteiger partial charge in [0.2, 0.25) is 0 Å². The minimum absolute atomic E-state index is 0.562. The maximum absolute atomic E-state index is 5.56. The van der Waals surface area contributed by atoms with Crippen LogP contribution in [-0.2, 0) is 4.74 Å². The summed E-state index contributed by atoms with van der Waals surface area (Å²) in [6.45, 7) is 7.28. The molecule has 2 nitrogen and oxygen atoms in total. The molecular formula is C13H26ClNO. The van der Waals surface area contributed by atoms with Crippen molar-refractivity contribution in [1.82, 2.24) is 4.90 Å². The van der Waals surface area contributed by atoms with Gasteiger partial charge in [-0.2, -0.15) is 0 Å². The van der Waals surface area contributed by atoms with Gasteiger partial charge in [0.15, 0.2) is 0 Å². The molecular weight excluding hydrogens is 222 g/mol. The van der Waals surface area contributed by atoms with Crippen LogP contribution >= 0.6 is 11.6 Å². The van der Waals surface area contributed by atoms with E-state index < -0.39 is 0 Å². The lowest BCUT2D eigenvalue weighted by Crippen LogP contribution is -2.38. The average Bonchev–Trinajstić information content (AvgIpc) is 2.24. The van der Waals surface area contributed by atoms with Gasteiger partial charge in [-0.1, -0.05) is 13.8 Å². The number of hydrogen-bond donors (Lipinski definition) is 0. The fraction of sp³-hybridized carbons (Fsp3) is 1.00. The molecule has 1 aliphatic rings. The Bertz CT molecular complexity index is 186. The number of hydrogen-bond acceptors (Lipinski definition) is 2. The number of nitrogens with zero attached hydrogens (tertiary/aromatic N) is 1. The zero-order valence-corrected chi connectivity index (χ0v) is 11.7. The maximum atomic E-state index is 5.56. The van der Waals surface area contributed by atoms with E-state index in [0.29, 0.717) is 17.9 Å². The van der Waals surface area contributed by atoms with E-state index in [0.717, 1.165) is 19.2 Å². The lowest BCUT2D eigenvalue weighted by atomic mass is 9.75. The van der Waals surface area contributed by atoms with Gasteiger partial charge in [-0.25, -0.2) is 0 Å². The van der Waals surface area contributed by atoms with Crippen molar-refractivity contribution in [2.45, 2.75) is 45.6 Å². The van der Waals surface area contributed by atoms with Crippen LogP contribution in [0.15, 0.2) is 0 Å². The van der Waals surface area contributed by atoms with Crippen molar-refractivity contribution in [3.8, 4) is 0 Å². The second kappa shape index (κ2) is 6.83. The van der Waals surface area contributed by atoms with E-state index >= 15 is 0 Å². The van der Waals surface area contributed by atoms with E-state index in [1.54, 1.807) is 0 Å². The van der Waals surface area contributed by atoms with Gasteiger partial charge < -0.3 is 9.64 Å². The summed E-state index contributed by atoms with van der Waals surface area (Å²) in [4.78, 5) is 2.45. The zero-order chi connectivity index (χ0) is 12.0. The predicted molar refractivity (Wildman–Crippen MR) is 70.2 cm³/mol. The molecule has 0 saturated heterocycles. The third-order valence-electron chi connectivity index (χ3n) is 3.74. The topological polar surface area (TPSA) is 12.5 Å². The van der Waals surface area contributed by atoms with Crippen LogP contribution in [0.5, 0.6) is 0 Å². The monoisotopic (exact) mass is 247 g/mol. The van der Waals surface area contributed by atoms with Crippen LogP contribution in [0.1, 0.15) is 39.5 Å². The van der Waals surface area contributed by atoms with Gasteiger partial charge in [-0.15, -0.1) is 11.6 Å². The Kier molecular flexibility index (Phi) is 6.09. The smallest absolute Gasteiger partial charge is 0.0602 e. The molecule has 0 N–H and O–H groups in total. The van der Waals surface area contributed by atoms with E-state index in [2.05, 4.69) is 25.8 Å². The molecule has 0 aromatic heterocycles. The van der Waals surface area contributed by atoms with Crippen LogP contribution in [0.25, 0.3) is 0 Å². The summed E-state index contributed by atoms with van der Waals surface area (Å²) in [5.74, 6) is 0.599. The van der Waals surface area contributed by atoms with Crippen molar-refractivity contribution >= 4 is 11.6 Å². The second-order valence-corrected chi connectivity index (χ2v) is 6.06. The zero-order valence-electron chi connectivity index (χ0n) is 11.0. The van der Waals surface area contributed by atoms with Gasteiger partial charge in [-0.3, -0.25) is 0 Å². The van der Waals surface area contributed by atoms with Gasteiger partial charge >= 0.3 is 0 Å². The first-order valence-corrected chi connectivity index (χ1v) is 6.92. The normalized spacial score (nSPS) is 21.6. The molecule has 1 aliphatic carbocycles. The first kappa shape index (κ1) is 14.3. The number of likely N-dealkylation sites (N-methyl/N-ethyl adjacent to an activating group) is 1. The molecule has 0 aromatic rings. The minimum Gasteiger partial charge on any atom is -0.379 e. The summed E-state index contributed by atoms with van der Waals surface area (Å²) in [5.41, 5.74) is 0.562. The molecule has 0 bridgehead atoms. The van der Waals surface area contributed by atoms with Crippen molar-refractivity contribution in [2.75, 3.05) is 32.7 Å². The highest BCUT2D eigenvalue weighted by Gasteiger charge is 2.28. The number of halogens is 1. The molecule has 1 saturated carbocycles. The van der Waals surface area contributed by atoms with E-state index in [-0.39, 0.29) is 0 Å². The molecule has 3 heteroatoms. The van der Waals surface area contributed by atoms with Crippen molar-refractivity contribution in [1.29, 1.82) is 0 Å². The van der Waals surface area contributed by atoms with E-state index in [4.69, 9.17) is 16.3 Å². The summed E-state index contributed by atoms with van der Waals surface area (Å²) in [7, 11) is 2.22. The Morgan fingerprint density at radius 3 is 2.44 bits per heavy atom. The summed E-state index contributed by atoms with van der Waals surface area (Å²) < 4.78 is 5.41. The van der Waals surface area contributed by atoms with Crippen LogP contribution in [-0.4, -0.2) is 43.6 Å². The number of alkyl halides is 1. The Balaban J connectivity index is 2.15. The molecule has 1 fully saturated rings. The molecule has 0 unspecified atom stereocenters. The van der Waals surface area contributed by atoms with E-state index in [1.807, 2.05) is 0 Å². The number of ether oxygens (including phenoxy) is 1. The predicted octanol–water partition coefficient (Wildman–Crippen LogP) is 3.14. The molecule has 0 amide bonds. The van der Waals surface area contributed by atoms with Crippen LogP contribution in [0.4, 0.5) is 0 Å². The van der Waals surface area contributed by atoms with E-state index in [1.165, 1.54) is 25.7 Å². The Morgan fingerprint density at radius 2 is 1.88 bits per heavy atom. The highest BCUT2D eigenvalue weighted by molar-refractivity contribution is 6.17. The molecule has 0 aliphatic heterocycles. The average molecular weight is 248 g/mol. The summed E-state index contributed by atoms with van der Waals surface area (Å²) >= 11 is 5.56. The first-order valence-electron chi connectivity index (χ1n) is 6.39. The van der Waals surface area contributed by atoms with Crippen molar-refractivity contribution < 1.29 is 4.74 Å². The van der Waals surface area contributed by atoms with Gasteiger partial charge in [0.1, 0.15) is 0 Å². The maximum Gasteiger partial charge on any atom is 0.0602 e. The Morgan fingerprint density at radius 1 is 1.25 bits per heavy atom. The highest BCUT2D eigenvalue weighted by atomic mass is 35.5. The fourth-order valence-corrected chi connectivity index (χ4v) is 2.48. The fourth-order valence-electron chi connectivity index (χ4n) is 2.37. The lowest BCUT2D eigenvalue weighted by Gasteiger charge is -2.38. The summed E-state index contributed by atoms with van der Waals surface area (Å²) in [5, 5.41) is 0.